The quantitative estimate of drug-likeness (QED) is 0.728. The molecule has 0 aromatic heterocycles. The molecule has 1 N–H and O–H groups in total. The topological polar surface area (TPSA) is 77.9 Å². The third kappa shape index (κ3) is 3.01. The molecule has 102 valence electrons. The highest BCUT2D eigenvalue weighted by molar-refractivity contribution is 7.85. The van der Waals surface area contributed by atoms with E-state index in [4.69, 9.17) is 5.11 Å². The average Bonchev–Trinajstić information content (AvgIpc) is 2.39. The molecule has 18 heavy (non-hydrogen) atoms. The van der Waals surface area contributed by atoms with E-state index < -0.39 is 22.7 Å². The number of piperidine rings is 1. The minimum Gasteiger partial charge on any atom is -0.481 e. The van der Waals surface area contributed by atoms with Crippen molar-refractivity contribution in [2.45, 2.75) is 12.8 Å². The van der Waals surface area contributed by atoms with E-state index in [0.29, 0.717) is 44.1 Å². The molecule has 1 atom stereocenters. The first-order valence-electron chi connectivity index (χ1n) is 6.19. The van der Waals surface area contributed by atoms with Crippen molar-refractivity contribution < 1.29 is 18.9 Å². The first kappa shape index (κ1) is 13.3. The van der Waals surface area contributed by atoms with Crippen molar-refractivity contribution in [1.82, 2.24) is 9.80 Å². The predicted octanol–water partition coefficient (Wildman–Crippen LogP) is -0.0327. The fourth-order valence-electron chi connectivity index (χ4n) is 2.38. The minimum atomic E-state index is -0.827. The van der Waals surface area contributed by atoms with Gasteiger partial charge in [-0.2, -0.15) is 0 Å². The van der Waals surface area contributed by atoms with Crippen molar-refractivity contribution in [2.24, 2.45) is 5.92 Å². The number of amides is 2. The number of carboxylic acids is 1. The number of carbonyl (C=O) groups excluding carboxylic acids is 1. The van der Waals surface area contributed by atoms with E-state index in [1.165, 1.54) is 0 Å². The Balaban J connectivity index is 1.92. The number of urea groups is 1. The minimum absolute atomic E-state index is 0.0994. The molecular formula is C11H18N2O4S. The van der Waals surface area contributed by atoms with Crippen LogP contribution >= 0.6 is 0 Å². The molecule has 2 heterocycles. The fraction of sp³-hybridized carbons (Fsp3) is 0.818. The van der Waals surface area contributed by atoms with Gasteiger partial charge in [0.1, 0.15) is 0 Å². The first-order chi connectivity index (χ1) is 8.58. The maximum absolute atomic E-state index is 12.2. The summed E-state index contributed by atoms with van der Waals surface area (Å²) in [5, 5.41) is 8.99. The van der Waals surface area contributed by atoms with Gasteiger partial charge in [-0.3, -0.25) is 9.00 Å². The largest absolute Gasteiger partial charge is 0.481 e. The molecule has 2 fully saturated rings. The van der Waals surface area contributed by atoms with E-state index in [1.54, 1.807) is 9.80 Å². The molecule has 0 bridgehead atoms. The van der Waals surface area contributed by atoms with Crippen LogP contribution in [0.5, 0.6) is 0 Å². The van der Waals surface area contributed by atoms with Crippen LogP contribution in [0, 0.1) is 5.92 Å². The highest BCUT2D eigenvalue weighted by Gasteiger charge is 2.31. The summed E-state index contributed by atoms with van der Waals surface area (Å²) < 4.78 is 11.2. The van der Waals surface area contributed by atoms with Crippen molar-refractivity contribution in [3.8, 4) is 0 Å². The molecule has 0 saturated carbocycles. The van der Waals surface area contributed by atoms with E-state index in [9.17, 15) is 13.8 Å². The SMILES string of the molecule is O=C(O)[C@@H]1CCCN(C(=O)N2CCS(=O)CC2)C1. The molecule has 0 unspecified atom stereocenters. The molecule has 0 aromatic rings. The Morgan fingerprint density at radius 1 is 1.11 bits per heavy atom. The normalized spacial score (nSPS) is 26.1. The number of carboxylic acid groups (broad SMARTS) is 1. The zero-order valence-electron chi connectivity index (χ0n) is 10.2. The van der Waals surface area contributed by atoms with Gasteiger partial charge in [0.15, 0.2) is 0 Å². The number of nitrogens with zero attached hydrogens (tertiary/aromatic N) is 2. The van der Waals surface area contributed by atoms with Gasteiger partial charge in [0.2, 0.25) is 0 Å². The number of aliphatic carboxylic acids is 1. The summed E-state index contributed by atoms with van der Waals surface area (Å²) in [5.41, 5.74) is 0. The van der Waals surface area contributed by atoms with Crippen molar-refractivity contribution in [1.29, 1.82) is 0 Å². The Labute approximate surface area is 108 Å². The van der Waals surface area contributed by atoms with E-state index in [2.05, 4.69) is 0 Å². The van der Waals surface area contributed by atoms with Gasteiger partial charge in [-0.15, -0.1) is 0 Å². The molecule has 2 aliphatic rings. The molecule has 0 spiro atoms. The van der Waals surface area contributed by atoms with Crippen molar-refractivity contribution in [2.75, 3.05) is 37.7 Å². The predicted molar refractivity (Wildman–Crippen MR) is 66.8 cm³/mol. The monoisotopic (exact) mass is 274 g/mol. The Kier molecular flexibility index (Phi) is 4.21. The molecule has 0 aliphatic carbocycles. The summed E-state index contributed by atoms with van der Waals surface area (Å²) in [5.74, 6) is -0.210. The van der Waals surface area contributed by atoms with Crippen LogP contribution in [0.3, 0.4) is 0 Å². The molecule has 7 heteroatoms. The van der Waals surface area contributed by atoms with Crippen LogP contribution < -0.4 is 0 Å². The molecule has 2 saturated heterocycles. The van der Waals surface area contributed by atoms with Gasteiger partial charge in [0.05, 0.1) is 5.92 Å². The lowest BCUT2D eigenvalue weighted by Gasteiger charge is -2.36. The Hall–Kier alpha value is -1.11. The summed E-state index contributed by atoms with van der Waals surface area (Å²) in [6.07, 6.45) is 1.38. The van der Waals surface area contributed by atoms with Gasteiger partial charge in [-0.1, -0.05) is 0 Å². The summed E-state index contributed by atoms with van der Waals surface area (Å²) in [6.45, 7) is 1.95. The molecule has 2 amide bonds. The first-order valence-corrected chi connectivity index (χ1v) is 7.68. The van der Waals surface area contributed by atoms with E-state index in [1.807, 2.05) is 0 Å². The second kappa shape index (κ2) is 5.69. The van der Waals surface area contributed by atoms with Gasteiger partial charge >= 0.3 is 12.0 Å². The van der Waals surface area contributed by atoms with Gasteiger partial charge in [0.25, 0.3) is 0 Å². The molecule has 6 nitrogen and oxygen atoms in total. The highest BCUT2D eigenvalue weighted by Crippen LogP contribution is 2.18. The summed E-state index contributed by atoms with van der Waals surface area (Å²) in [7, 11) is -0.803. The number of carbonyl (C=O) groups is 2. The van der Waals surface area contributed by atoms with Crippen LogP contribution in [-0.2, 0) is 15.6 Å². The second-order valence-electron chi connectivity index (χ2n) is 4.74. The maximum atomic E-state index is 12.2. The molecular weight excluding hydrogens is 256 g/mol. The smallest absolute Gasteiger partial charge is 0.320 e. The zero-order chi connectivity index (χ0) is 13.1. The molecule has 0 radical (unpaired) electrons. The number of hydrogen-bond acceptors (Lipinski definition) is 3. The standard InChI is InChI=1S/C11H18N2O4S/c14-10(15)9-2-1-3-13(8-9)11(16)12-4-6-18(17)7-5-12/h9H,1-8H2,(H,14,15)/t9-/m1/s1. The van der Waals surface area contributed by atoms with Crippen molar-refractivity contribution >= 4 is 22.8 Å². The second-order valence-corrected chi connectivity index (χ2v) is 6.44. The van der Waals surface area contributed by atoms with Crippen LogP contribution in [0.2, 0.25) is 0 Å². The lowest BCUT2D eigenvalue weighted by Crippen LogP contribution is -2.52. The van der Waals surface area contributed by atoms with Gasteiger partial charge in [-0.25, -0.2) is 4.79 Å². The van der Waals surface area contributed by atoms with Crippen LogP contribution in [0.25, 0.3) is 0 Å². The Morgan fingerprint density at radius 3 is 2.39 bits per heavy atom. The molecule has 2 aliphatic heterocycles. The molecule has 0 aromatic carbocycles. The summed E-state index contributed by atoms with van der Waals surface area (Å²) >= 11 is 0. The van der Waals surface area contributed by atoms with Gasteiger partial charge < -0.3 is 14.9 Å². The van der Waals surface area contributed by atoms with Gasteiger partial charge in [-0.05, 0) is 12.8 Å². The van der Waals surface area contributed by atoms with E-state index >= 15 is 0 Å². The van der Waals surface area contributed by atoms with E-state index in [0.717, 1.165) is 6.42 Å². The zero-order valence-corrected chi connectivity index (χ0v) is 11.0. The van der Waals surface area contributed by atoms with Gasteiger partial charge in [0, 0.05) is 48.5 Å². The van der Waals surface area contributed by atoms with Crippen molar-refractivity contribution in [3.05, 3.63) is 0 Å². The Bertz CT molecular complexity index is 364. The van der Waals surface area contributed by atoms with Crippen LogP contribution in [-0.4, -0.2) is 68.8 Å². The maximum Gasteiger partial charge on any atom is 0.320 e. The van der Waals surface area contributed by atoms with Crippen LogP contribution in [0.15, 0.2) is 0 Å². The lowest BCUT2D eigenvalue weighted by atomic mass is 9.99. The summed E-state index contributed by atoms with van der Waals surface area (Å²) in [6, 6.07) is -0.0994. The van der Waals surface area contributed by atoms with Crippen molar-refractivity contribution in [3.63, 3.8) is 0 Å². The van der Waals surface area contributed by atoms with Crippen LogP contribution in [0.1, 0.15) is 12.8 Å². The number of likely N-dealkylation sites (tertiary alicyclic amines) is 1. The highest BCUT2D eigenvalue weighted by atomic mass is 32.2. The average molecular weight is 274 g/mol. The van der Waals surface area contributed by atoms with E-state index in [-0.39, 0.29) is 6.03 Å². The third-order valence-electron chi connectivity index (χ3n) is 3.49. The summed E-state index contributed by atoms with van der Waals surface area (Å²) in [4.78, 5) is 26.4. The third-order valence-corrected chi connectivity index (χ3v) is 4.77. The molecule has 2 rings (SSSR count). The lowest BCUT2D eigenvalue weighted by molar-refractivity contribution is -0.143. The number of hydrogen-bond donors (Lipinski definition) is 1. The fourth-order valence-corrected chi connectivity index (χ4v) is 3.43. The Morgan fingerprint density at radius 2 is 1.78 bits per heavy atom. The van der Waals surface area contributed by atoms with Crippen LogP contribution in [0.4, 0.5) is 4.79 Å². The number of rotatable bonds is 1.